The van der Waals surface area contributed by atoms with Crippen molar-refractivity contribution in [1.82, 2.24) is 0 Å². The first kappa shape index (κ1) is 14.3. The predicted octanol–water partition coefficient (Wildman–Crippen LogP) is 2.94. The zero-order valence-electron chi connectivity index (χ0n) is 11.1. The molecule has 0 aliphatic heterocycles. The minimum Gasteiger partial charge on any atom is -0.497 e. The first-order valence-electron chi connectivity index (χ1n) is 5.85. The predicted molar refractivity (Wildman–Crippen MR) is 74.9 cm³/mol. The monoisotopic (exact) mass is 295 g/mol. The lowest BCUT2D eigenvalue weighted by Crippen LogP contribution is -2.14. The van der Waals surface area contributed by atoms with E-state index in [0.29, 0.717) is 17.0 Å². The molecule has 0 saturated carbocycles. The lowest BCUT2D eigenvalue weighted by molar-refractivity contribution is 0.415. The molecule has 0 unspecified atom stereocenters. The molecule has 0 aromatic heterocycles. The van der Waals surface area contributed by atoms with Gasteiger partial charge in [0.15, 0.2) is 0 Å². The lowest BCUT2D eigenvalue weighted by atomic mass is 10.2. The van der Waals surface area contributed by atoms with E-state index < -0.39 is 15.8 Å². The molecule has 20 heavy (non-hydrogen) atoms. The van der Waals surface area contributed by atoms with E-state index >= 15 is 0 Å². The van der Waals surface area contributed by atoms with Gasteiger partial charge in [0.2, 0.25) is 0 Å². The van der Waals surface area contributed by atoms with E-state index in [-0.39, 0.29) is 4.90 Å². The molecule has 2 aromatic rings. The highest BCUT2D eigenvalue weighted by Gasteiger charge is 2.17. The zero-order valence-corrected chi connectivity index (χ0v) is 11.9. The first-order valence-corrected chi connectivity index (χ1v) is 7.34. The molecular formula is C14H14FNO3S. The maximum Gasteiger partial charge on any atom is 0.262 e. The molecule has 0 saturated heterocycles. The quantitative estimate of drug-likeness (QED) is 0.943. The highest BCUT2D eigenvalue weighted by atomic mass is 32.2. The summed E-state index contributed by atoms with van der Waals surface area (Å²) >= 11 is 0. The van der Waals surface area contributed by atoms with Gasteiger partial charge < -0.3 is 4.74 Å². The third-order valence-corrected chi connectivity index (χ3v) is 4.29. The van der Waals surface area contributed by atoms with E-state index in [0.717, 1.165) is 6.07 Å². The van der Waals surface area contributed by atoms with E-state index in [9.17, 15) is 12.8 Å². The van der Waals surface area contributed by atoms with Gasteiger partial charge in [-0.3, -0.25) is 4.72 Å². The van der Waals surface area contributed by atoms with Gasteiger partial charge in [0.1, 0.15) is 11.6 Å². The summed E-state index contributed by atoms with van der Waals surface area (Å²) < 4.78 is 45.0. The Morgan fingerprint density at radius 2 is 1.90 bits per heavy atom. The van der Waals surface area contributed by atoms with Crippen molar-refractivity contribution < 1.29 is 17.5 Å². The van der Waals surface area contributed by atoms with Crippen molar-refractivity contribution in [3.05, 3.63) is 53.8 Å². The number of aryl methyl sites for hydroxylation is 1. The van der Waals surface area contributed by atoms with Crippen LogP contribution in [-0.2, 0) is 10.0 Å². The number of benzene rings is 2. The van der Waals surface area contributed by atoms with Gasteiger partial charge in [-0.1, -0.05) is 6.07 Å². The number of nitrogens with one attached hydrogen (secondary N) is 1. The van der Waals surface area contributed by atoms with Crippen LogP contribution in [0.15, 0.2) is 47.4 Å². The zero-order chi connectivity index (χ0) is 14.8. The molecule has 4 nitrogen and oxygen atoms in total. The maximum absolute atomic E-state index is 13.0. The Morgan fingerprint density at radius 1 is 1.15 bits per heavy atom. The van der Waals surface area contributed by atoms with Crippen molar-refractivity contribution in [3.63, 3.8) is 0 Å². The summed E-state index contributed by atoms with van der Waals surface area (Å²) in [7, 11) is -2.26. The van der Waals surface area contributed by atoms with Gasteiger partial charge >= 0.3 is 0 Å². The number of hydrogen-bond acceptors (Lipinski definition) is 3. The van der Waals surface area contributed by atoms with Crippen molar-refractivity contribution in [2.24, 2.45) is 0 Å². The van der Waals surface area contributed by atoms with E-state index in [1.165, 1.54) is 19.2 Å². The highest BCUT2D eigenvalue weighted by Crippen LogP contribution is 2.22. The number of halogens is 1. The molecule has 1 N–H and O–H groups in total. The average Bonchev–Trinajstić information content (AvgIpc) is 2.37. The molecular weight excluding hydrogens is 281 g/mol. The van der Waals surface area contributed by atoms with Gasteiger partial charge in [0, 0.05) is 6.07 Å². The highest BCUT2D eigenvalue weighted by molar-refractivity contribution is 7.92. The summed E-state index contributed by atoms with van der Waals surface area (Å²) in [5, 5.41) is 0. The van der Waals surface area contributed by atoms with E-state index in [4.69, 9.17) is 4.74 Å². The fraction of sp³-hybridized carbons (Fsp3) is 0.143. The molecule has 0 spiro atoms. The smallest absolute Gasteiger partial charge is 0.262 e. The Labute approximate surface area is 117 Å². The molecule has 0 amide bonds. The van der Waals surface area contributed by atoms with E-state index in [1.54, 1.807) is 31.2 Å². The summed E-state index contributed by atoms with van der Waals surface area (Å²) in [5.74, 6) is 0.0730. The Balaban J connectivity index is 2.35. The fourth-order valence-electron chi connectivity index (χ4n) is 1.81. The Morgan fingerprint density at radius 3 is 2.55 bits per heavy atom. The minimum absolute atomic E-state index is 0.0433. The van der Waals surface area contributed by atoms with Gasteiger partial charge in [-0.25, -0.2) is 12.8 Å². The molecule has 6 heteroatoms. The van der Waals surface area contributed by atoms with Crippen LogP contribution in [0.25, 0.3) is 0 Å². The SMILES string of the molecule is COc1cccc(NS(=O)(=O)c2ccc(F)cc2C)c1. The molecule has 2 rings (SSSR count). The number of methoxy groups -OCH3 is 1. The van der Waals surface area contributed by atoms with Gasteiger partial charge in [0.05, 0.1) is 17.7 Å². The first-order chi connectivity index (χ1) is 9.42. The molecule has 0 atom stereocenters. The molecule has 0 aliphatic rings. The van der Waals surface area contributed by atoms with Crippen molar-refractivity contribution in [2.45, 2.75) is 11.8 Å². The third-order valence-electron chi connectivity index (χ3n) is 2.75. The van der Waals surface area contributed by atoms with Crippen molar-refractivity contribution >= 4 is 15.7 Å². The molecule has 0 fully saturated rings. The van der Waals surface area contributed by atoms with E-state index in [1.807, 2.05) is 0 Å². The standard InChI is InChI=1S/C14H14FNO3S/c1-10-8-11(15)6-7-14(10)20(17,18)16-12-4-3-5-13(9-12)19-2/h3-9,16H,1-2H3. The number of sulfonamides is 1. The Kier molecular flexibility index (Phi) is 3.94. The van der Waals surface area contributed by atoms with Crippen LogP contribution < -0.4 is 9.46 Å². The normalized spacial score (nSPS) is 11.2. The number of anilines is 1. The van der Waals surface area contributed by atoms with Crippen LogP contribution in [0.5, 0.6) is 5.75 Å². The second kappa shape index (κ2) is 5.50. The summed E-state index contributed by atoms with van der Waals surface area (Å²) in [5.41, 5.74) is 0.730. The van der Waals surface area contributed by atoms with Crippen molar-refractivity contribution in [1.29, 1.82) is 0 Å². The van der Waals surface area contributed by atoms with Gasteiger partial charge in [-0.05, 0) is 42.8 Å². The molecule has 0 bridgehead atoms. The molecule has 0 heterocycles. The van der Waals surface area contributed by atoms with Crippen LogP contribution in [0, 0.1) is 12.7 Å². The van der Waals surface area contributed by atoms with Crippen LogP contribution in [-0.4, -0.2) is 15.5 Å². The van der Waals surface area contributed by atoms with Crippen LogP contribution in [0.1, 0.15) is 5.56 Å². The van der Waals surface area contributed by atoms with Crippen LogP contribution in [0.2, 0.25) is 0 Å². The average molecular weight is 295 g/mol. The third kappa shape index (κ3) is 3.08. The van der Waals surface area contributed by atoms with Gasteiger partial charge in [-0.2, -0.15) is 0 Å². The molecule has 2 aromatic carbocycles. The summed E-state index contributed by atoms with van der Waals surface area (Å²) in [6, 6.07) is 10.1. The van der Waals surface area contributed by atoms with Crippen molar-refractivity contribution in [2.75, 3.05) is 11.8 Å². The second-order valence-corrected chi connectivity index (χ2v) is 5.90. The lowest BCUT2D eigenvalue weighted by Gasteiger charge is -2.11. The minimum atomic E-state index is -3.76. The number of rotatable bonds is 4. The van der Waals surface area contributed by atoms with Crippen LogP contribution in [0.4, 0.5) is 10.1 Å². The summed E-state index contributed by atoms with van der Waals surface area (Å²) in [6.07, 6.45) is 0. The molecule has 0 radical (unpaired) electrons. The van der Waals surface area contributed by atoms with Crippen LogP contribution >= 0.6 is 0 Å². The van der Waals surface area contributed by atoms with Gasteiger partial charge in [0.25, 0.3) is 10.0 Å². The number of hydrogen-bond donors (Lipinski definition) is 1. The Bertz CT molecular complexity index is 729. The number of ether oxygens (including phenoxy) is 1. The Hall–Kier alpha value is -2.08. The molecule has 106 valence electrons. The van der Waals surface area contributed by atoms with Crippen LogP contribution in [0.3, 0.4) is 0 Å². The van der Waals surface area contributed by atoms with Crippen molar-refractivity contribution in [3.8, 4) is 5.75 Å². The fourth-order valence-corrected chi connectivity index (χ4v) is 3.09. The largest absolute Gasteiger partial charge is 0.497 e. The maximum atomic E-state index is 13.0. The molecule has 0 aliphatic carbocycles. The topological polar surface area (TPSA) is 55.4 Å². The van der Waals surface area contributed by atoms with E-state index in [2.05, 4.69) is 4.72 Å². The van der Waals surface area contributed by atoms with Gasteiger partial charge in [-0.15, -0.1) is 0 Å². The summed E-state index contributed by atoms with van der Waals surface area (Å²) in [4.78, 5) is 0.0433. The summed E-state index contributed by atoms with van der Waals surface area (Å²) in [6.45, 7) is 1.54. The second-order valence-electron chi connectivity index (χ2n) is 4.25.